The molecule has 1 aromatic heterocycles. The summed E-state index contributed by atoms with van der Waals surface area (Å²) in [6.45, 7) is 0. The summed E-state index contributed by atoms with van der Waals surface area (Å²) in [4.78, 5) is 42.4. The Labute approximate surface area is 228 Å². The summed E-state index contributed by atoms with van der Waals surface area (Å²) >= 11 is 7.99. The summed E-state index contributed by atoms with van der Waals surface area (Å²) in [5, 5.41) is 0. The Kier molecular flexibility index (Phi) is 4.76. The van der Waals surface area contributed by atoms with E-state index in [1.54, 1.807) is 30.3 Å². The molecule has 0 N–H and O–H groups in total. The molecule has 2 amide bonds. The number of esters is 1. The number of ether oxygens (including phenoxy) is 1. The van der Waals surface area contributed by atoms with Crippen molar-refractivity contribution >= 4 is 55.3 Å². The van der Waals surface area contributed by atoms with Gasteiger partial charge in [0.25, 0.3) is 0 Å². The minimum atomic E-state index is -0.901. The lowest BCUT2D eigenvalue weighted by atomic mass is 9.54. The molecular formula is C29H17Br2NO5. The molecule has 182 valence electrons. The second-order valence-electron chi connectivity index (χ2n) is 9.32. The molecule has 2 atom stereocenters. The molecule has 0 unspecified atom stereocenters. The first kappa shape index (κ1) is 22.7. The van der Waals surface area contributed by atoms with Crippen LogP contribution in [0.3, 0.4) is 0 Å². The van der Waals surface area contributed by atoms with E-state index in [1.807, 2.05) is 48.5 Å². The summed E-state index contributed by atoms with van der Waals surface area (Å²) in [5.74, 6) is -2.77. The molecule has 37 heavy (non-hydrogen) atoms. The number of hydrogen-bond donors (Lipinski definition) is 0. The Morgan fingerprint density at radius 3 is 1.70 bits per heavy atom. The van der Waals surface area contributed by atoms with Gasteiger partial charge >= 0.3 is 5.97 Å². The Hall–Kier alpha value is -3.49. The minimum Gasteiger partial charge on any atom is -0.457 e. The van der Waals surface area contributed by atoms with Crippen LogP contribution in [0, 0.1) is 11.8 Å². The molecule has 3 aliphatic carbocycles. The topological polar surface area (TPSA) is 76.8 Å². The molecule has 4 aromatic rings. The fourth-order valence-corrected chi connectivity index (χ4v) is 8.48. The van der Waals surface area contributed by atoms with E-state index in [0.29, 0.717) is 0 Å². The van der Waals surface area contributed by atoms with Crippen molar-refractivity contribution in [2.75, 3.05) is 4.90 Å². The van der Waals surface area contributed by atoms with E-state index in [1.165, 1.54) is 17.2 Å². The summed E-state index contributed by atoms with van der Waals surface area (Å²) in [7, 11) is 0. The fourth-order valence-electron chi connectivity index (χ4n) is 6.18. The average Bonchev–Trinajstić information content (AvgIpc) is 3.55. The maximum absolute atomic E-state index is 14.3. The van der Waals surface area contributed by atoms with Gasteiger partial charge in [0.2, 0.25) is 17.6 Å². The molecule has 8 rings (SSSR count). The van der Waals surface area contributed by atoms with Crippen molar-refractivity contribution in [1.82, 2.24) is 0 Å². The largest absolute Gasteiger partial charge is 0.457 e. The smallest absolute Gasteiger partial charge is 0.379 e. The van der Waals surface area contributed by atoms with Crippen LogP contribution in [0.2, 0.25) is 0 Å². The molecule has 6 nitrogen and oxygen atoms in total. The number of carbonyl (C=O) groups is 3. The normalized spacial score (nSPS) is 27.0. The number of para-hydroxylation sites is 2. The molecule has 2 heterocycles. The molecule has 1 saturated heterocycles. The number of imide groups is 1. The Morgan fingerprint density at radius 2 is 1.22 bits per heavy atom. The van der Waals surface area contributed by atoms with Crippen molar-refractivity contribution in [2.24, 2.45) is 11.8 Å². The van der Waals surface area contributed by atoms with Gasteiger partial charge in [-0.25, -0.2) is 9.69 Å². The second-order valence-corrected chi connectivity index (χ2v) is 11.8. The summed E-state index contributed by atoms with van der Waals surface area (Å²) < 4.78 is 8.94. The van der Waals surface area contributed by atoms with E-state index in [4.69, 9.17) is 9.15 Å². The number of alkyl halides is 2. The molecule has 0 spiro atoms. The third-order valence-corrected chi connectivity index (χ3v) is 10.3. The number of nitrogens with zero attached hydrogens (tertiary/aromatic N) is 1. The lowest BCUT2D eigenvalue weighted by Gasteiger charge is -2.55. The zero-order valence-electron chi connectivity index (χ0n) is 19.1. The van der Waals surface area contributed by atoms with Crippen LogP contribution in [0.15, 0.2) is 95.6 Å². The summed E-state index contributed by atoms with van der Waals surface area (Å²) in [5.41, 5.74) is 4.02. The summed E-state index contributed by atoms with van der Waals surface area (Å²) in [6, 6.07) is 25.4. The molecule has 3 aromatic carbocycles. The average molecular weight is 619 g/mol. The van der Waals surface area contributed by atoms with Crippen LogP contribution in [0.25, 0.3) is 0 Å². The first-order valence-electron chi connectivity index (χ1n) is 11.7. The Morgan fingerprint density at radius 1 is 0.730 bits per heavy atom. The fraction of sp³-hybridized carbons (Fsp3) is 0.138. The Balaban J connectivity index is 1.40. The van der Waals surface area contributed by atoms with Gasteiger partial charge in [0.05, 0.1) is 32.4 Å². The van der Waals surface area contributed by atoms with Crippen LogP contribution in [-0.4, -0.2) is 17.8 Å². The van der Waals surface area contributed by atoms with Gasteiger partial charge in [-0.05, 0) is 46.5 Å². The lowest BCUT2D eigenvalue weighted by Crippen LogP contribution is -2.56. The molecule has 1 fully saturated rings. The van der Waals surface area contributed by atoms with E-state index >= 15 is 0 Å². The molecule has 0 radical (unpaired) electrons. The van der Waals surface area contributed by atoms with Crippen LogP contribution in [-0.2, 0) is 18.2 Å². The highest BCUT2D eigenvalue weighted by Gasteiger charge is 2.72. The monoisotopic (exact) mass is 617 g/mol. The SMILES string of the molecule is O=C(Oc1ccccc1N1C(=O)[C@H]2[C@H](C1=O)C1(Br)c3ccccc3C2(Br)c2ccccc21)c1ccco1. The van der Waals surface area contributed by atoms with Crippen molar-refractivity contribution < 1.29 is 23.5 Å². The van der Waals surface area contributed by atoms with Crippen LogP contribution in [0.4, 0.5) is 5.69 Å². The van der Waals surface area contributed by atoms with Crippen molar-refractivity contribution in [3.63, 3.8) is 0 Å². The van der Waals surface area contributed by atoms with Crippen LogP contribution in [0.1, 0.15) is 32.8 Å². The first-order valence-corrected chi connectivity index (χ1v) is 13.3. The number of halogens is 2. The van der Waals surface area contributed by atoms with Crippen LogP contribution >= 0.6 is 31.9 Å². The lowest BCUT2D eigenvalue weighted by molar-refractivity contribution is -0.122. The number of furan rings is 1. The highest BCUT2D eigenvalue weighted by Crippen LogP contribution is 2.71. The van der Waals surface area contributed by atoms with Gasteiger partial charge in [-0.3, -0.25) is 9.59 Å². The molecule has 4 aliphatic rings. The molecule has 0 saturated carbocycles. The maximum Gasteiger partial charge on any atom is 0.379 e. The molecule has 1 aliphatic heterocycles. The molecular weight excluding hydrogens is 602 g/mol. The van der Waals surface area contributed by atoms with Crippen LogP contribution < -0.4 is 9.64 Å². The number of amides is 2. The van der Waals surface area contributed by atoms with E-state index in [0.717, 1.165) is 22.3 Å². The molecule has 2 bridgehead atoms. The van der Waals surface area contributed by atoms with Gasteiger partial charge in [0.1, 0.15) is 0 Å². The van der Waals surface area contributed by atoms with Crippen molar-refractivity contribution in [1.29, 1.82) is 0 Å². The third kappa shape index (κ3) is 2.77. The predicted octanol–water partition coefficient (Wildman–Crippen LogP) is 5.91. The van der Waals surface area contributed by atoms with Crippen LogP contribution in [0.5, 0.6) is 5.75 Å². The van der Waals surface area contributed by atoms with Gasteiger partial charge in [0.15, 0.2) is 5.75 Å². The highest BCUT2D eigenvalue weighted by molar-refractivity contribution is 9.10. The summed E-state index contributed by atoms with van der Waals surface area (Å²) in [6.07, 6.45) is 1.37. The van der Waals surface area contributed by atoms with E-state index in [2.05, 4.69) is 31.9 Å². The van der Waals surface area contributed by atoms with Gasteiger partial charge in [-0.2, -0.15) is 0 Å². The molecule has 8 heteroatoms. The van der Waals surface area contributed by atoms with Gasteiger partial charge < -0.3 is 9.15 Å². The maximum atomic E-state index is 14.3. The highest BCUT2D eigenvalue weighted by atomic mass is 79.9. The Bertz CT molecular complexity index is 1510. The van der Waals surface area contributed by atoms with Gasteiger partial charge in [-0.1, -0.05) is 92.5 Å². The number of carbonyl (C=O) groups excluding carboxylic acids is 3. The van der Waals surface area contributed by atoms with E-state index in [9.17, 15) is 14.4 Å². The predicted molar refractivity (Wildman–Crippen MR) is 142 cm³/mol. The quantitative estimate of drug-likeness (QED) is 0.124. The van der Waals surface area contributed by atoms with Crippen molar-refractivity contribution in [2.45, 2.75) is 8.65 Å². The zero-order valence-corrected chi connectivity index (χ0v) is 22.2. The number of benzene rings is 3. The van der Waals surface area contributed by atoms with Gasteiger partial charge in [0, 0.05) is 0 Å². The van der Waals surface area contributed by atoms with E-state index < -0.39 is 26.5 Å². The van der Waals surface area contributed by atoms with Crippen molar-refractivity contribution in [3.05, 3.63) is 119 Å². The van der Waals surface area contributed by atoms with Crippen molar-refractivity contribution in [3.8, 4) is 5.75 Å². The first-order chi connectivity index (χ1) is 17.9. The third-order valence-electron chi connectivity index (χ3n) is 7.62. The number of rotatable bonds is 3. The minimum absolute atomic E-state index is 0.0188. The van der Waals surface area contributed by atoms with Gasteiger partial charge in [-0.15, -0.1) is 0 Å². The number of hydrogen-bond acceptors (Lipinski definition) is 5. The second kappa shape index (κ2) is 7.76. The number of anilines is 1. The standard InChI is InChI=1S/C29H17Br2NO5/c30-28-16-8-1-2-9-17(16)29(31,19-11-4-3-10-18(19)28)24-23(28)25(33)32(26(24)34)20-12-5-6-13-21(20)37-27(35)22-14-7-15-36-22/h1-15,23-24H/t23-,24-,28?,29?/m1/s1. The zero-order chi connectivity index (χ0) is 25.5. The van der Waals surface area contributed by atoms with E-state index in [-0.39, 0.29) is 29.0 Å².